The largest absolute Gasteiger partial charge is 0.508 e. The molecular formula is C15H15NO4. The summed E-state index contributed by atoms with van der Waals surface area (Å²) in [7, 11) is 1.48. The minimum Gasteiger partial charge on any atom is -0.508 e. The molecular weight excluding hydrogens is 258 g/mol. The summed E-state index contributed by atoms with van der Waals surface area (Å²) in [6, 6.07) is 11.2. The average Bonchev–Trinajstić information content (AvgIpc) is 2.47. The standard InChI is InChI=1S/C15H15NO4/c1-19-14-8-11(4-7-13(14)16)15(18)20-9-10-2-5-12(17)6-3-10/h2-8,17H,9,16H2,1H3. The van der Waals surface area contributed by atoms with E-state index in [2.05, 4.69) is 0 Å². The summed E-state index contributed by atoms with van der Waals surface area (Å²) in [5, 5.41) is 9.16. The van der Waals surface area contributed by atoms with Gasteiger partial charge in [-0.25, -0.2) is 4.79 Å². The minimum absolute atomic E-state index is 0.131. The monoisotopic (exact) mass is 273 g/mol. The molecule has 0 saturated carbocycles. The molecule has 2 rings (SSSR count). The van der Waals surface area contributed by atoms with E-state index in [0.29, 0.717) is 17.0 Å². The van der Waals surface area contributed by atoms with E-state index in [4.69, 9.17) is 20.3 Å². The molecule has 20 heavy (non-hydrogen) atoms. The number of benzene rings is 2. The molecule has 3 N–H and O–H groups in total. The number of nitrogen functional groups attached to an aromatic ring is 1. The minimum atomic E-state index is -0.462. The van der Waals surface area contributed by atoms with Crippen molar-refractivity contribution >= 4 is 11.7 Å². The molecule has 0 spiro atoms. The molecule has 5 heteroatoms. The van der Waals surface area contributed by atoms with Crippen molar-refractivity contribution in [1.82, 2.24) is 0 Å². The predicted octanol–water partition coefficient (Wildman–Crippen LogP) is 2.34. The molecule has 0 aliphatic rings. The van der Waals surface area contributed by atoms with Crippen molar-refractivity contribution < 1.29 is 19.4 Å². The highest BCUT2D eigenvalue weighted by Crippen LogP contribution is 2.22. The number of phenols is 1. The molecule has 2 aromatic rings. The summed E-state index contributed by atoms with van der Waals surface area (Å²) in [5.41, 5.74) is 7.30. The Hall–Kier alpha value is -2.69. The third kappa shape index (κ3) is 3.20. The Labute approximate surface area is 116 Å². The molecule has 0 aromatic heterocycles. The Morgan fingerprint density at radius 3 is 2.55 bits per heavy atom. The van der Waals surface area contributed by atoms with Gasteiger partial charge in [-0.1, -0.05) is 12.1 Å². The van der Waals surface area contributed by atoms with Crippen LogP contribution < -0.4 is 10.5 Å². The van der Waals surface area contributed by atoms with Crippen LogP contribution in [0.2, 0.25) is 0 Å². The first-order valence-corrected chi connectivity index (χ1v) is 5.98. The van der Waals surface area contributed by atoms with Crippen LogP contribution in [0.4, 0.5) is 5.69 Å². The molecule has 104 valence electrons. The number of carbonyl (C=O) groups is 1. The number of methoxy groups -OCH3 is 1. The molecule has 0 unspecified atom stereocenters. The van der Waals surface area contributed by atoms with Gasteiger partial charge in [-0.15, -0.1) is 0 Å². The molecule has 0 fully saturated rings. The van der Waals surface area contributed by atoms with E-state index >= 15 is 0 Å². The van der Waals surface area contributed by atoms with Crippen LogP contribution in [-0.2, 0) is 11.3 Å². The molecule has 0 saturated heterocycles. The first-order valence-electron chi connectivity index (χ1n) is 5.98. The van der Waals surface area contributed by atoms with Crippen molar-refractivity contribution in [2.75, 3.05) is 12.8 Å². The zero-order chi connectivity index (χ0) is 14.5. The summed E-state index contributed by atoms with van der Waals surface area (Å²) in [6.45, 7) is 0.131. The molecule has 0 radical (unpaired) electrons. The van der Waals surface area contributed by atoms with Crippen molar-refractivity contribution in [3.8, 4) is 11.5 Å². The Kier molecular flexibility index (Phi) is 4.10. The summed E-state index contributed by atoms with van der Waals surface area (Å²) >= 11 is 0. The topological polar surface area (TPSA) is 81.8 Å². The van der Waals surface area contributed by atoms with Gasteiger partial charge < -0.3 is 20.3 Å². The number of esters is 1. The normalized spacial score (nSPS) is 10.1. The van der Waals surface area contributed by atoms with Crippen molar-refractivity contribution in [2.45, 2.75) is 6.61 Å². The van der Waals surface area contributed by atoms with Crippen LogP contribution in [0.25, 0.3) is 0 Å². The van der Waals surface area contributed by atoms with Crippen LogP contribution in [0.5, 0.6) is 11.5 Å². The molecule has 0 amide bonds. The summed E-state index contributed by atoms with van der Waals surface area (Å²) in [4.78, 5) is 11.9. The van der Waals surface area contributed by atoms with E-state index in [-0.39, 0.29) is 12.4 Å². The smallest absolute Gasteiger partial charge is 0.338 e. The lowest BCUT2D eigenvalue weighted by atomic mass is 10.2. The zero-order valence-electron chi connectivity index (χ0n) is 11.0. The maximum atomic E-state index is 11.9. The van der Waals surface area contributed by atoms with Crippen molar-refractivity contribution in [3.05, 3.63) is 53.6 Å². The number of ether oxygens (including phenoxy) is 2. The fourth-order valence-corrected chi connectivity index (χ4v) is 1.66. The van der Waals surface area contributed by atoms with E-state index in [1.807, 2.05) is 0 Å². The molecule has 0 bridgehead atoms. The highest BCUT2D eigenvalue weighted by Gasteiger charge is 2.10. The SMILES string of the molecule is COc1cc(C(=O)OCc2ccc(O)cc2)ccc1N. The molecule has 0 aliphatic heterocycles. The summed E-state index contributed by atoms with van der Waals surface area (Å²) in [6.07, 6.45) is 0. The Morgan fingerprint density at radius 1 is 1.20 bits per heavy atom. The lowest BCUT2D eigenvalue weighted by Crippen LogP contribution is -2.06. The van der Waals surface area contributed by atoms with Crippen LogP contribution in [0.15, 0.2) is 42.5 Å². The maximum absolute atomic E-state index is 11.9. The van der Waals surface area contributed by atoms with E-state index in [1.54, 1.807) is 24.3 Å². The average molecular weight is 273 g/mol. The lowest BCUT2D eigenvalue weighted by Gasteiger charge is -2.08. The Bertz CT molecular complexity index is 608. The van der Waals surface area contributed by atoms with Gasteiger partial charge in [0.25, 0.3) is 0 Å². The first-order chi connectivity index (χ1) is 9.60. The number of anilines is 1. The van der Waals surface area contributed by atoms with Crippen molar-refractivity contribution in [2.24, 2.45) is 0 Å². The second-order valence-corrected chi connectivity index (χ2v) is 4.20. The molecule has 0 aliphatic carbocycles. The van der Waals surface area contributed by atoms with E-state index < -0.39 is 5.97 Å². The van der Waals surface area contributed by atoms with E-state index in [1.165, 1.54) is 25.3 Å². The van der Waals surface area contributed by atoms with Gasteiger partial charge in [0, 0.05) is 0 Å². The van der Waals surface area contributed by atoms with Crippen LogP contribution in [-0.4, -0.2) is 18.2 Å². The number of aromatic hydroxyl groups is 1. The second kappa shape index (κ2) is 5.97. The number of hydrogen-bond donors (Lipinski definition) is 2. The van der Waals surface area contributed by atoms with Crippen LogP contribution in [0, 0.1) is 0 Å². The van der Waals surface area contributed by atoms with Gasteiger partial charge in [-0.05, 0) is 35.9 Å². The zero-order valence-corrected chi connectivity index (χ0v) is 11.0. The second-order valence-electron chi connectivity index (χ2n) is 4.20. The first kappa shape index (κ1) is 13.7. The summed E-state index contributed by atoms with van der Waals surface area (Å²) in [5.74, 6) is 0.142. The molecule has 0 heterocycles. The highest BCUT2D eigenvalue weighted by atomic mass is 16.5. The van der Waals surface area contributed by atoms with Gasteiger partial charge >= 0.3 is 5.97 Å². The highest BCUT2D eigenvalue weighted by molar-refractivity contribution is 5.90. The number of phenolic OH excluding ortho intramolecular Hbond substituents is 1. The fraction of sp³-hybridized carbons (Fsp3) is 0.133. The van der Waals surface area contributed by atoms with Gasteiger partial charge in [-0.2, -0.15) is 0 Å². The Morgan fingerprint density at radius 2 is 1.90 bits per heavy atom. The van der Waals surface area contributed by atoms with Gasteiger partial charge in [0.2, 0.25) is 0 Å². The lowest BCUT2D eigenvalue weighted by molar-refractivity contribution is 0.0472. The van der Waals surface area contributed by atoms with E-state index in [9.17, 15) is 4.79 Å². The third-order valence-corrected chi connectivity index (χ3v) is 2.78. The van der Waals surface area contributed by atoms with E-state index in [0.717, 1.165) is 5.56 Å². The summed E-state index contributed by atoms with van der Waals surface area (Å²) < 4.78 is 10.2. The third-order valence-electron chi connectivity index (χ3n) is 2.78. The maximum Gasteiger partial charge on any atom is 0.338 e. The van der Waals surface area contributed by atoms with Crippen molar-refractivity contribution in [3.63, 3.8) is 0 Å². The number of carbonyl (C=O) groups excluding carboxylic acids is 1. The molecule has 0 atom stereocenters. The fourth-order valence-electron chi connectivity index (χ4n) is 1.66. The number of nitrogens with two attached hydrogens (primary N) is 1. The van der Waals surface area contributed by atoms with Crippen LogP contribution >= 0.6 is 0 Å². The number of hydrogen-bond acceptors (Lipinski definition) is 5. The quantitative estimate of drug-likeness (QED) is 0.660. The molecule has 2 aromatic carbocycles. The predicted molar refractivity (Wildman–Crippen MR) is 74.6 cm³/mol. The van der Waals surface area contributed by atoms with Gasteiger partial charge in [0.1, 0.15) is 18.1 Å². The van der Waals surface area contributed by atoms with Crippen LogP contribution in [0.3, 0.4) is 0 Å². The molecule has 5 nitrogen and oxygen atoms in total. The van der Waals surface area contributed by atoms with Gasteiger partial charge in [-0.3, -0.25) is 0 Å². The Balaban J connectivity index is 2.03. The van der Waals surface area contributed by atoms with Crippen LogP contribution in [0.1, 0.15) is 15.9 Å². The van der Waals surface area contributed by atoms with Gasteiger partial charge in [0.15, 0.2) is 0 Å². The van der Waals surface area contributed by atoms with Crippen molar-refractivity contribution in [1.29, 1.82) is 0 Å². The number of rotatable bonds is 4. The van der Waals surface area contributed by atoms with Gasteiger partial charge in [0.05, 0.1) is 18.4 Å².